The van der Waals surface area contributed by atoms with Crippen LogP contribution in [0.4, 0.5) is 4.39 Å². The SMILES string of the molecule is CCCC1CC(=O)N(Cc2ccc(F)c(C(N)=S)c2)C1. The number of halogens is 1. The Bertz CT molecular complexity index is 533. The summed E-state index contributed by atoms with van der Waals surface area (Å²) in [7, 11) is 0. The van der Waals surface area contributed by atoms with E-state index < -0.39 is 5.82 Å². The van der Waals surface area contributed by atoms with Gasteiger partial charge in [0.05, 0.1) is 0 Å². The summed E-state index contributed by atoms with van der Waals surface area (Å²) in [4.78, 5) is 13.8. The molecule has 0 radical (unpaired) electrons. The zero-order valence-corrected chi connectivity index (χ0v) is 12.4. The van der Waals surface area contributed by atoms with Gasteiger partial charge in [0.25, 0.3) is 0 Å². The van der Waals surface area contributed by atoms with E-state index in [9.17, 15) is 9.18 Å². The molecule has 1 aliphatic heterocycles. The maximum Gasteiger partial charge on any atom is 0.223 e. The summed E-state index contributed by atoms with van der Waals surface area (Å²) in [6, 6.07) is 4.67. The fourth-order valence-corrected chi connectivity index (χ4v) is 2.84. The van der Waals surface area contributed by atoms with Gasteiger partial charge in [-0.1, -0.05) is 31.6 Å². The zero-order valence-electron chi connectivity index (χ0n) is 11.6. The highest BCUT2D eigenvalue weighted by atomic mass is 32.1. The molecule has 1 aliphatic rings. The second-order valence-corrected chi connectivity index (χ2v) is 5.75. The minimum Gasteiger partial charge on any atom is -0.389 e. The van der Waals surface area contributed by atoms with Crippen molar-refractivity contribution in [3.63, 3.8) is 0 Å². The molecule has 0 aromatic heterocycles. The van der Waals surface area contributed by atoms with Gasteiger partial charge >= 0.3 is 0 Å². The Morgan fingerprint density at radius 3 is 2.95 bits per heavy atom. The number of carbonyl (C=O) groups is 1. The van der Waals surface area contributed by atoms with Crippen LogP contribution in [0.5, 0.6) is 0 Å². The van der Waals surface area contributed by atoms with Gasteiger partial charge in [-0.05, 0) is 30.0 Å². The summed E-state index contributed by atoms with van der Waals surface area (Å²) < 4.78 is 13.5. The first kappa shape index (κ1) is 14.9. The molecule has 2 N–H and O–H groups in total. The molecule has 1 unspecified atom stereocenters. The van der Waals surface area contributed by atoms with Gasteiger partial charge in [0, 0.05) is 25.1 Å². The average Bonchev–Trinajstić information content (AvgIpc) is 2.72. The lowest BCUT2D eigenvalue weighted by Crippen LogP contribution is -2.25. The third kappa shape index (κ3) is 3.33. The van der Waals surface area contributed by atoms with E-state index in [0.717, 1.165) is 24.9 Å². The smallest absolute Gasteiger partial charge is 0.223 e. The number of carbonyl (C=O) groups excluding carboxylic acids is 1. The van der Waals surface area contributed by atoms with E-state index in [1.54, 1.807) is 12.1 Å². The molecule has 0 aliphatic carbocycles. The van der Waals surface area contributed by atoms with Crippen LogP contribution in [0.25, 0.3) is 0 Å². The molecule has 1 aromatic carbocycles. The molecule has 0 spiro atoms. The Kier molecular flexibility index (Phi) is 4.70. The van der Waals surface area contributed by atoms with Gasteiger partial charge in [-0.15, -0.1) is 0 Å². The zero-order chi connectivity index (χ0) is 14.7. The Balaban J connectivity index is 2.09. The summed E-state index contributed by atoms with van der Waals surface area (Å²) in [5, 5.41) is 0. The van der Waals surface area contributed by atoms with Gasteiger partial charge in [-0.2, -0.15) is 0 Å². The Labute approximate surface area is 123 Å². The molecule has 5 heteroatoms. The van der Waals surface area contributed by atoms with Crippen molar-refractivity contribution in [1.29, 1.82) is 0 Å². The van der Waals surface area contributed by atoms with Gasteiger partial charge in [-0.3, -0.25) is 4.79 Å². The summed E-state index contributed by atoms with van der Waals surface area (Å²) in [5.41, 5.74) is 6.60. The van der Waals surface area contributed by atoms with Crippen molar-refractivity contribution >= 4 is 23.1 Å². The summed E-state index contributed by atoms with van der Waals surface area (Å²) in [6.07, 6.45) is 2.79. The second kappa shape index (κ2) is 6.31. The maximum absolute atomic E-state index is 13.5. The molecule has 108 valence electrons. The molecule has 3 nitrogen and oxygen atoms in total. The van der Waals surface area contributed by atoms with Crippen molar-refractivity contribution in [1.82, 2.24) is 4.90 Å². The van der Waals surface area contributed by atoms with Crippen molar-refractivity contribution in [2.24, 2.45) is 11.7 Å². The lowest BCUT2D eigenvalue weighted by molar-refractivity contribution is -0.128. The number of likely N-dealkylation sites (tertiary alicyclic amines) is 1. The lowest BCUT2D eigenvalue weighted by atomic mass is 10.0. The summed E-state index contributed by atoms with van der Waals surface area (Å²) in [5.74, 6) is 0.200. The topological polar surface area (TPSA) is 46.3 Å². The minimum atomic E-state index is -0.419. The number of amides is 1. The monoisotopic (exact) mass is 294 g/mol. The van der Waals surface area contributed by atoms with E-state index in [2.05, 4.69) is 6.92 Å². The van der Waals surface area contributed by atoms with E-state index in [-0.39, 0.29) is 16.5 Å². The van der Waals surface area contributed by atoms with Crippen LogP contribution in [0.3, 0.4) is 0 Å². The van der Waals surface area contributed by atoms with Crippen LogP contribution in [0.15, 0.2) is 18.2 Å². The fourth-order valence-electron chi connectivity index (χ4n) is 2.69. The Hall–Kier alpha value is -1.49. The molecule has 1 aromatic rings. The van der Waals surface area contributed by atoms with Crippen LogP contribution in [0, 0.1) is 11.7 Å². The average molecular weight is 294 g/mol. The normalized spacial score (nSPS) is 18.6. The first-order valence-electron chi connectivity index (χ1n) is 6.87. The highest BCUT2D eigenvalue weighted by molar-refractivity contribution is 7.80. The fraction of sp³-hybridized carbons (Fsp3) is 0.467. The lowest BCUT2D eigenvalue weighted by Gasteiger charge is -2.17. The van der Waals surface area contributed by atoms with Gasteiger partial charge < -0.3 is 10.6 Å². The van der Waals surface area contributed by atoms with Crippen LogP contribution in [0.1, 0.15) is 37.3 Å². The van der Waals surface area contributed by atoms with Gasteiger partial charge in [0.2, 0.25) is 5.91 Å². The van der Waals surface area contributed by atoms with Crippen LogP contribution in [-0.2, 0) is 11.3 Å². The number of nitrogens with two attached hydrogens (primary N) is 1. The largest absolute Gasteiger partial charge is 0.389 e. The Morgan fingerprint density at radius 1 is 1.55 bits per heavy atom. The number of rotatable bonds is 5. The van der Waals surface area contributed by atoms with Crippen LogP contribution in [-0.4, -0.2) is 22.3 Å². The van der Waals surface area contributed by atoms with E-state index in [4.69, 9.17) is 18.0 Å². The highest BCUT2D eigenvalue weighted by Crippen LogP contribution is 2.24. The quantitative estimate of drug-likeness (QED) is 0.849. The molecule has 1 saturated heterocycles. The number of nitrogens with zero attached hydrogens (tertiary/aromatic N) is 1. The van der Waals surface area contributed by atoms with Gasteiger partial charge in [0.15, 0.2) is 0 Å². The molecule has 1 amide bonds. The summed E-state index contributed by atoms with van der Waals surface area (Å²) in [6.45, 7) is 3.41. The molecular formula is C15H19FN2OS. The molecule has 0 saturated carbocycles. The van der Waals surface area contributed by atoms with Crippen molar-refractivity contribution < 1.29 is 9.18 Å². The molecule has 20 heavy (non-hydrogen) atoms. The molecule has 2 rings (SSSR count). The predicted molar refractivity (Wildman–Crippen MR) is 80.7 cm³/mol. The van der Waals surface area contributed by atoms with E-state index in [1.807, 2.05) is 4.90 Å². The second-order valence-electron chi connectivity index (χ2n) is 5.31. The van der Waals surface area contributed by atoms with Gasteiger partial charge in [0.1, 0.15) is 10.8 Å². The standard InChI is InChI=1S/C15H19FN2OS/c1-2-3-10-7-14(19)18(8-10)9-11-4-5-13(16)12(6-11)15(17)20/h4-6,10H,2-3,7-9H2,1H3,(H2,17,20). The third-order valence-electron chi connectivity index (χ3n) is 3.66. The minimum absolute atomic E-state index is 0.0426. The molecule has 1 fully saturated rings. The third-order valence-corrected chi connectivity index (χ3v) is 3.88. The first-order valence-corrected chi connectivity index (χ1v) is 7.28. The Morgan fingerprint density at radius 2 is 2.30 bits per heavy atom. The van der Waals surface area contributed by atoms with E-state index in [0.29, 0.717) is 18.9 Å². The first-order chi connectivity index (χ1) is 9.51. The number of hydrogen-bond donors (Lipinski definition) is 1. The predicted octanol–water partition coefficient (Wildman–Crippen LogP) is 2.61. The molecule has 0 bridgehead atoms. The number of benzene rings is 1. The van der Waals surface area contributed by atoms with Crippen molar-refractivity contribution in [3.05, 3.63) is 35.1 Å². The van der Waals surface area contributed by atoms with E-state index in [1.165, 1.54) is 6.07 Å². The van der Waals surface area contributed by atoms with Crippen molar-refractivity contribution in [3.8, 4) is 0 Å². The van der Waals surface area contributed by atoms with Gasteiger partial charge in [-0.25, -0.2) is 4.39 Å². The maximum atomic E-state index is 13.5. The van der Waals surface area contributed by atoms with Crippen molar-refractivity contribution in [2.45, 2.75) is 32.7 Å². The molecule has 1 heterocycles. The van der Waals surface area contributed by atoms with Crippen LogP contribution >= 0.6 is 12.2 Å². The molecule has 1 atom stereocenters. The van der Waals surface area contributed by atoms with Crippen molar-refractivity contribution in [2.75, 3.05) is 6.54 Å². The molecular weight excluding hydrogens is 275 g/mol. The number of hydrogen-bond acceptors (Lipinski definition) is 2. The van der Waals surface area contributed by atoms with Crippen LogP contribution in [0.2, 0.25) is 0 Å². The van der Waals surface area contributed by atoms with Crippen LogP contribution < -0.4 is 5.73 Å². The van der Waals surface area contributed by atoms with E-state index >= 15 is 0 Å². The number of thiocarbonyl (C=S) groups is 1. The highest BCUT2D eigenvalue weighted by Gasteiger charge is 2.28. The summed E-state index contributed by atoms with van der Waals surface area (Å²) >= 11 is 4.83.